The topological polar surface area (TPSA) is 118 Å². The molecule has 0 saturated heterocycles. The number of ether oxygens (including phenoxy) is 2. The number of anilines is 2. The van der Waals surface area contributed by atoms with Crippen LogP contribution in [0.1, 0.15) is 12.5 Å². The lowest BCUT2D eigenvalue weighted by molar-refractivity contribution is -0.117. The van der Waals surface area contributed by atoms with Crippen LogP contribution in [0.4, 0.5) is 11.4 Å². The minimum absolute atomic E-state index is 0.164. The number of carbonyl (C=O) groups is 2. The van der Waals surface area contributed by atoms with E-state index in [1.54, 1.807) is 42.5 Å². The van der Waals surface area contributed by atoms with Gasteiger partial charge in [-0.1, -0.05) is 12.1 Å². The van der Waals surface area contributed by atoms with Crippen molar-refractivity contribution in [2.45, 2.75) is 13.5 Å². The normalized spacial score (nSPS) is 12.2. The Hall–Kier alpha value is -3.99. The highest BCUT2D eigenvalue weighted by Gasteiger charge is 2.17. The van der Waals surface area contributed by atoms with Crippen molar-refractivity contribution >= 4 is 23.2 Å². The van der Waals surface area contributed by atoms with Crippen molar-refractivity contribution in [3.05, 3.63) is 59.8 Å². The van der Waals surface area contributed by atoms with Gasteiger partial charge in [0, 0.05) is 25.4 Å². The van der Waals surface area contributed by atoms with Crippen molar-refractivity contribution in [1.82, 2.24) is 5.32 Å². The van der Waals surface area contributed by atoms with Crippen LogP contribution >= 0.6 is 0 Å². The van der Waals surface area contributed by atoms with Crippen LogP contribution in [0.2, 0.25) is 0 Å². The summed E-state index contributed by atoms with van der Waals surface area (Å²) in [6.45, 7) is 1.68. The number of nitrogens with one attached hydrogen (secondary N) is 1. The molecule has 28 heavy (non-hydrogen) atoms. The van der Waals surface area contributed by atoms with Crippen molar-refractivity contribution < 1.29 is 19.1 Å². The molecule has 1 aliphatic rings. The Bertz CT molecular complexity index is 994. The smallest absolute Gasteiger partial charge is 0.263 e. The molecule has 1 heterocycles. The van der Waals surface area contributed by atoms with Gasteiger partial charge < -0.3 is 20.5 Å². The summed E-state index contributed by atoms with van der Waals surface area (Å²) < 4.78 is 10.5. The highest BCUT2D eigenvalue weighted by molar-refractivity contribution is 6.01. The van der Waals surface area contributed by atoms with E-state index >= 15 is 0 Å². The van der Waals surface area contributed by atoms with E-state index in [9.17, 15) is 14.9 Å². The lowest BCUT2D eigenvalue weighted by Crippen LogP contribution is -2.28. The van der Waals surface area contributed by atoms with Gasteiger partial charge in [-0.15, -0.1) is 0 Å². The third-order valence-corrected chi connectivity index (χ3v) is 4.00. The van der Waals surface area contributed by atoms with Crippen LogP contribution in [-0.4, -0.2) is 18.6 Å². The van der Waals surface area contributed by atoms with Crippen LogP contribution in [-0.2, 0) is 16.1 Å². The number of hydrogen-bond acceptors (Lipinski definition) is 6. The highest BCUT2D eigenvalue weighted by Crippen LogP contribution is 2.32. The van der Waals surface area contributed by atoms with Crippen LogP contribution in [0.3, 0.4) is 0 Å². The SMILES string of the molecule is CC(=O)N(/C=C(/C#N)C(=O)NCc1ccc2c(c1)OCO2)c1cccc(N)c1. The molecule has 142 valence electrons. The maximum absolute atomic E-state index is 12.4. The molecule has 0 atom stereocenters. The van der Waals surface area contributed by atoms with Crippen molar-refractivity contribution in [2.75, 3.05) is 17.4 Å². The second-order valence-electron chi connectivity index (χ2n) is 6.01. The standard InChI is InChI=1S/C20H18N4O4/c1-13(25)24(17-4-2-3-16(22)8-17)11-15(9-21)20(26)23-10-14-5-6-18-19(7-14)28-12-27-18/h2-8,11H,10,12,22H2,1H3,(H,23,26)/b15-11-. The molecule has 2 aromatic rings. The zero-order valence-electron chi connectivity index (χ0n) is 15.1. The molecule has 2 amide bonds. The molecular weight excluding hydrogens is 360 g/mol. The van der Waals surface area contributed by atoms with Crippen LogP contribution in [0.5, 0.6) is 11.5 Å². The van der Waals surface area contributed by atoms with Crippen molar-refractivity contribution in [3.8, 4) is 17.6 Å². The van der Waals surface area contributed by atoms with Crippen LogP contribution in [0, 0.1) is 11.3 Å². The predicted octanol–water partition coefficient (Wildman–Crippen LogP) is 2.07. The van der Waals surface area contributed by atoms with Crippen molar-refractivity contribution in [3.63, 3.8) is 0 Å². The number of nitrogens with two attached hydrogens (primary N) is 1. The van der Waals surface area contributed by atoms with E-state index in [-0.39, 0.29) is 24.8 Å². The molecule has 3 N–H and O–H groups in total. The van der Waals surface area contributed by atoms with Gasteiger partial charge in [0.15, 0.2) is 11.5 Å². The van der Waals surface area contributed by atoms with Gasteiger partial charge in [0.25, 0.3) is 5.91 Å². The lowest BCUT2D eigenvalue weighted by atomic mass is 10.2. The van der Waals surface area contributed by atoms with Crippen molar-refractivity contribution in [2.24, 2.45) is 0 Å². The summed E-state index contributed by atoms with van der Waals surface area (Å²) in [5.41, 5.74) is 7.25. The van der Waals surface area contributed by atoms with Crippen LogP contribution in [0.15, 0.2) is 54.2 Å². The Labute approximate surface area is 161 Å². The highest BCUT2D eigenvalue weighted by atomic mass is 16.7. The zero-order chi connectivity index (χ0) is 20.1. The molecule has 0 spiro atoms. The summed E-state index contributed by atoms with van der Waals surface area (Å²) >= 11 is 0. The summed E-state index contributed by atoms with van der Waals surface area (Å²) in [5, 5.41) is 12.0. The molecule has 0 radical (unpaired) electrons. The average Bonchev–Trinajstić information content (AvgIpc) is 3.14. The number of amides is 2. The van der Waals surface area contributed by atoms with Gasteiger partial charge in [0.1, 0.15) is 11.6 Å². The first-order valence-electron chi connectivity index (χ1n) is 8.42. The molecule has 3 rings (SSSR count). The molecule has 0 aromatic heterocycles. The van der Waals surface area contributed by atoms with Gasteiger partial charge in [-0.3, -0.25) is 14.5 Å². The second-order valence-corrected chi connectivity index (χ2v) is 6.01. The molecule has 0 aliphatic carbocycles. The van der Waals surface area contributed by atoms with Gasteiger partial charge in [-0.2, -0.15) is 5.26 Å². The summed E-state index contributed by atoms with van der Waals surface area (Å²) in [7, 11) is 0. The van der Waals surface area contributed by atoms with Gasteiger partial charge in [-0.05, 0) is 35.9 Å². The maximum atomic E-state index is 12.4. The number of fused-ring (bicyclic) bond motifs is 1. The summed E-state index contributed by atoms with van der Waals surface area (Å²) in [6, 6.07) is 13.7. The van der Waals surface area contributed by atoms with Gasteiger partial charge >= 0.3 is 0 Å². The second kappa shape index (κ2) is 8.14. The Kier molecular flexibility index (Phi) is 5.46. The number of nitriles is 1. The third kappa shape index (κ3) is 4.22. The number of carbonyl (C=O) groups excluding carboxylic acids is 2. The number of nitrogens with zero attached hydrogens (tertiary/aromatic N) is 2. The first-order chi connectivity index (χ1) is 13.5. The Morgan fingerprint density at radius 1 is 1.25 bits per heavy atom. The van der Waals surface area contributed by atoms with E-state index in [1.165, 1.54) is 18.0 Å². The minimum atomic E-state index is -0.602. The number of nitrogen functional groups attached to an aromatic ring is 1. The molecular formula is C20H18N4O4. The van der Waals surface area contributed by atoms with Gasteiger partial charge in [0.2, 0.25) is 12.7 Å². The maximum Gasteiger partial charge on any atom is 0.263 e. The molecule has 0 fully saturated rings. The molecule has 0 saturated carbocycles. The molecule has 8 nitrogen and oxygen atoms in total. The molecule has 8 heteroatoms. The Morgan fingerprint density at radius 2 is 2.04 bits per heavy atom. The summed E-state index contributed by atoms with van der Waals surface area (Å²) in [6.07, 6.45) is 1.20. The monoisotopic (exact) mass is 378 g/mol. The van der Waals surface area contributed by atoms with Gasteiger partial charge in [0.05, 0.1) is 5.69 Å². The Balaban J connectivity index is 1.74. The van der Waals surface area contributed by atoms with E-state index in [0.717, 1.165) is 5.56 Å². The first kappa shape index (κ1) is 18.8. The lowest BCUT2D eigenvalue weighted by Gasteiger charge is -2.17. The van der Waals surface area contributed by atoms with E-state index in [4.69, 9.17) is 15.2 Å². The quantitative estimate of drug-likeness (QED) is 0.467. The number of rotatable bonds is 5. The summed E-state index contributed by atoms with van der Waals surface area (Å²) in [4.78, 5) is 25.6. The van der Waals surface area contributed by atoms with E-state index in [0.29, 0.717) is 22.9 Å². The molecule has 0 unspecified atom stereocenters. The van der Waals surface area contributed by atoms with E-state index < -0.39 is 5.91 Å². The Morgan fingerprint density at radius 3 is 2.75 bits per heavy atom. The van der Waals surface area contributed by atoms with Gasteiger partial charge in [-0.25, -0.2) is 0 Å². The van der Waals surface area contributed by atoms with E-state index in [1.807, 2.05) is 6.07 Å². The van der Waals surface area contributed by atoms with Crippen LogP contribution in [0.25, 0.3) is 0 Å². The average molecular weight is 378 g/mol. The molecule has 1 aliphatic heterocycles. The fraction of sp³-hybridized carbons (Fsp3) is 0.150. The zero-order valence-corrected chi connectivity index (χ0v) is 15.1. The number of benzene rings is 2. The van der Waals surface area contributed by atoms with E-state index in [2.05, 4.69) is 5.32 Å². The minimum Gasteiger partial charge on any atom is -0.454 e. The first-order valence-corrected chi connectivity index (χ1v) is 8.42. The fourth-order valence-corrected chi connectivity index (χ4v) is 2.62. The molecule has 0 bridgehead atoms. The predicted molar refractivity (Wildman–Crippen MR) is 102 cm³/mol. The van der Waals surface area contributed by atoms with Crippen LogP contribution < -0.4 is 25.4 Å². The number of hydrogen-bond donors (Lipinski definition) is 2. The molecule has 2 aromatic carbocycles. The largest absolute Gasteiger partial charge is 0.454 e. The summed E-state index contributed by atoms with van der Waals surface area (Å²) in [5.74, 6) is 0.288. The van der Waals surface area contributed by atoms with Crippen molar-refractivity contribution in [1.29, 1.82) is 5.26 Å². The fourth-order valence-electron chi connectivity index (χ4n) is 2.62. The third-order valence-electron chi connectivity index (χ3n) is 4.00.